The minimum atomic E-state index is -0.391. The Hall–Kier alpha value is -4.50. The Labute approximate surface area is 256 Å². The monoisotopic (exact) mass is 623 g/mol. The lowest BCUT2D eigenvalue weighted by atomic mass is 10.2. The number of unbranched alkanes of at least 4 members (excludes halogenated alkanes) is 1. The first-order valence-electron chi connectivity index (χ1n) is 14.6. The first-order chi connectivity index (χ1) is 21.3. The van der Waals surface area contributed by atoms with Crippen LogP contribution >= 0.6 is 11.3 Å². The second-order valence-corrected chi connectivity index (χ2v) is 11.7. The molecule has 0 unspecified atom stereocenters. The van der Waals surface area contributed by atoms with Crippen molar-refractivity contribution < 1.29 is 18.3 Å². The Bertz CT molecular complexity index is 1830. The van der Waals surface area contributed by atoms with Gasteiger partial charge in [0.25, 0.3) is 5.91 Å². The molecule has 1 aromatic carbocycles. The van der Waals surface area contributed by atoms with Gasteiger partial charge in [-0.3, -0.25) is 19.1 Å². The lowest BCUT2D eigenvalue weighted by Gasteiger charge is -2.36. The van der Waals surface area contributed by atoms with E-state index in [9.17, 15) is 9.59 Å². The van der Waals surface area contributed by atoms with Crippen molar-refractivity contribution in [1.29, 1.82) is 0 Å². The SMILES string of the molecule is CCCCN(C)C(=O)COc1ccc(N2CCN(CCn3c(=O)sc4c3nc(N)n3nc(-c5ccco5)nc43)CC2)c(F)c1. The van der Waals surface area contributed by atoms with E-state index in [1.54, 1.807) is 40.8 Å². The highest BCUT2D eigenvalue weighted by Gasteiger charge is 2.23. The number of likely N-dealkylation sites (N-methyl/N-ethyl adjacent to an activating group) is 1. The van der Waals surface area contributed by atoms with Gasteiger partial charge < -0.3 is 24.7 Å². The largest absolute Gasteiger partial charge is 0.484 e. The molecule has 1 saturated heterocycles. The number of carbonyl (C=O) groups is 1. The number of nitrogens with zero attached hydrogens (tertiary/aromatic N) is 8. The van der Waals surface area contributed by atoms with Crippen molar-refractivity contribution >= 4 is 44.9 Å². The molecule has 5 heterocycles. The van der Waals surface area contributed by atoms with Crippen LogP contribution in [0.5, 0.6) is 5.75 Å². The summed E-state index contributed by atoms with van der Waals surface area (Å²) in [5, 5.41) is 4.40. The maximum atomic E-state index is 15.0. The molecule has 4 aromatic heterocycles. The van der Waals surface area contributed by atoms with E-state index in [0.29, 0.717) is 84.8 Å². The number of nitrogens with two attached hydrogens (primary N) is 1. The molecule has 15 heteroatoms. The molecular formula is C29H34FN9O4S. The fourth-order valence-corrected chi connectivity index (χ4v) is 6.13. The lowest BCUT2D eigenvalue weighted by molar-refractivity contribution is -0.132. The molecule has 0 radical (unpaired) electrons. The van der Waals surface area contributed by atoms with Gasteiger partial charge in [-0.05, 0) is 30.7 Å². The summed E-state index contributed by atoms with van der Waals surface area (Å²) in [6.45, 7) is 6.30. The van der Waals surface area contributed by atoms with Gasteiger partial charge in [0.05, 0.1) is 12.0 Å². The normalized spacial score (nSPS) is 14.1. The molecular weight excluding hydrogens is 589 g/mol. The fourth-order valence-electron chi connectivity index (χ4n) is 5.20. The van der Waals surface area contributed by atoms with Crippen molar-refractivity contribution in [3.8, 4) is 17.3 Å². The number of nitrogen functional groups attached to an aromatic ring is 1. The molecule has 0 aliphatic carbocycles. The number of hydrogen-bond donors (Lipinski definition) is 1. The average molecular weight is 624 g/mol. The zero-order valence-electron chi connectivity index (χ0n) is 24.6. The number of ether oxygens (including phenoxy) is 1. The highest BCUT2D eigenvalue weighted by atomic mass is 32.1. The Kier molecular flexibility index (Phi) is 8.48. The highest BCUT2D eigenvalue weighted by molar-refractivity contribution is 7.17. The van der Waals surface area contributed by atoms with E-state index in [2.05, 4.69) is 26.9 Å². The Morgan fingerprint density at radius 1 is 1.16 bits per heavy atom. The van der Waals surface area contributed by atoms with Crippen LogP contribution in [0.4, 0.5) is 16.0 Å². The van der Waals surface area contributed by atoms with Crippen LogP contribution in [-0.4, -0.2) is 92.8 Å². The topological polar surface area (TPSA) is 140 Å². The number of rotatable bonds is 11. The molecule has 1 amide bonds. The third-order valence-corrected chi connectivity index (χ3v) is 8.73. The van der Waals surface area contributed by atoms with Gasteiger partial charge in [-0.25, -0.2) is 9.37 Å². The number of fused-ring (bicyclic) bond motifs is 3. The number of piperazine rings is 1. The minimum Gasteiger partial charge on any atom is -0.484 e. The van der Waals surface area contributed by atoms with Gasteiger partial charge >= 0.3 is 4.87 Å². The first-order valence-corrected chi connectivity index (χ1v) is 15.4. The van der Waals surface area contributed by atoms with Gasteiger partial charge in [0.2, 0.25) is 11.8 Å². The van der Waals surface area contributed by atoms with E-state index in [-0.39, 0.29) is 23.3 Å². The van der Waals surface area contributed by atoms with Gasteiger partial charge in [-0.15, -0.1) is 5.10 Å². The van der Waals surface area contributed by atoms with E-state index in [0.717, 1.165) is 24.2 Å². The van der Waals surface area contributed by atoms with Gasteiger partial charge in [0.1, 0.15) is 16.3 Å². The Balaban J connectivity index is 1.06. The molecule has 0 atom stereocenters. The Morgan fingerprint density at radius 2 is 1.98 bits per heavy atom. The van der Waals surface area contributed by atoms with E-state index >= 15 is 4.39 Å². The molecule has 1 aliphatic rings. The zero-order valence-corrected chi connectivity index (χ0v) is 25.4. The zero-order chi connectivity index (χ0) is 30.8. The quantitative estimate of drug-likeness (QED) is 0.234. The van der Waals surface area contributed by atoms with Gasteiger partial charge in [0.15, 0.2) is 23.7 Å². The highest BCUT2D eigenvalue weighted by Crippen LogP contribution is 2.27. The molecule has 5 aromatic rings. The van der Waals surface area contributed by atoms with Crippen molar-refractivity contribution in [3.63, 3.8) is 0 Å². The molecule has 1 aliphatic heterocycles. The van der Waals surface area contributed by atoms with Crippen LogP contribution in [0.3, 0.4) is 0 Å². The van der Waals surface area contributed by atoms with Crippen molar-refractivity contribution in [1.82, 2.24) is 33.9 Å². The summed E-state index contributed by atoms with van der Waals surface area (Å²) >= 11 is 1.06. The predicted octanol–water partition coefficient (Wildman–Crippen LogP) is 2.94. The molecule has 0 spiro atoms. The second kappa shape index (κ2) is 12.6. The Morgan fingerprint density at radius 3 is 2.70 bits per heavy atom. The summed E-state index contributed by atoms with van der Waals surface area (Å²) in [5.74, 6) is 0.780. The third kappa shape index (κ3) is 5.97. The number of amides is 1. The van der Waals surface area contributed by atoms with Crippen molar-refractivity contribution in [2.24, 2.45) is 0 Å². The predicted molar refractivity (Wildman–Crippen MR) is 166 cm³/mol. The third-order valence-electron chi connectivity index (χ3n) is 7.76. The number of halogens is 1. The molecule has 0 bridgehead atoms. The number of thiazole rings is 1. The van der Waals surface area contributed by atoms with Crippen LogP contribution in [0, 0.1) is 5.82 Å². The van der Waals surface area contributed by atoms with Gasteiger partial charge in [-0.1, -0.05) is 24.7 Å². The minimum absolute atomic E-state index is 0.127. The van der Waals surface area contributed by atoms with Crippen LogP contribution in [0.25, 0.3) is 27.6 Å². The van der Waals surface area contributed by atoms with Gasteiger partial charge in [0, 0.05) is 58.9 Å². The summed E-state index contributed by atoms with van der Waals surface area (Å²) in [6, 6.07) is 8.22. The van der Waals surface area contributed by atoms with Crippen LogP contribution in [0.15, 0.2) is 45.8 Å². The van der Waals surface area contributed by atoms with E-state index in [4.69, 9.17) is 14.9 Å². The van der Waals surface area contributed by atoms with Crippen molar-refractivity contribution in [2.45, 2.75) is 26.3 Å². The smallest absolute Gasteiger partial charge is 0.309 e. The molecule has 44 heavy (non-hydrogen) atoms. The number of carbonyl (C=O) groups excluding carboxylic acids is 1. The number of anilines is 2. The maximum absolute atomic E-state index is 15.0. The summed E-state index contributed by atoms with van der Waals surface area (Å²) in [7, 11) is 1.74. The van der Waals surface area contributed by atoms with E-state index in [1.165, 1.54) is 16.8 Å². The van der Waals surface area contributed by atoms with Crippen molar-refractivity contribution in [2.75, 3.05) is 63.6 Å². The van der Waals surface area contributed by atoms with Crippen molar-refractivity contribution in [3.05, 3.63) is 52.1 Å². The van der Waals surface area contributed by atoms with E-state index in [1.807, 2.05) is 4.90 Å². The second-order valence-electron chi connectivity index (χ2n) is 10.7. The molecule has 232 valence electrons. The maximum Gasteiger partial charge on any atom is 0.309 e. The van der Waals surface area contributed by atoms with Crippen LogP contribution in [0.1, 0.15) is 19.8 Å². The summed E-state index contributed by atoms with van der Waals surface area (Å²) < 4.78 is 29.6. The first kappa shape index (κ1) is 29.6. The summed E-state index contributed by atoms with van der Waals surface area (Å²) in [6.07, 6.45) is 3.46. The molecule has 1 fully saturated rings. The summed E-state index contributed by atoms with van der Waals surface area (Å²) in [5.41, 5.74) is 7.62. The lowest BCUT2D eigenvalue weighted by Crippen LogP contribution is -2.47. The van der Waals surface area contributed by atoms with Crippen LogP contribution in [0.2, 0.25) is 0 Å². The summed E-state index contributed by atoms with van der Waals surface area (Å²) in [4.78, 5) is 40.0. The number of hydrogen-bond acceptors (Lipinski definition) is 11. The van der Waals surface area contributed by atoms with E-state index < -0.39 is 5.82 Å². The molecule has 13 nitrogen and oxygen atoms in total. The number of aromatic nitrogens is 5. The van der Waals surface area contributed by atoms with Crippen LogP contribution < -0.4 is 20.2 Å². The van der Waals surface area contributed by atoms with Crippen LogP contribution in [-0.2, 0) is 11.3 Å². The van der Waals surface area contributed by atoms with Gasteiger partial charge in [-0.2, -0.15) is 9.50 Å². The standard InChI is InChI=1S/C29H34FN9O4S/c1-3-4-9-35(2)23(40)18-43-19-7-8-21(20(30)17-19)37-13-10-36(11-14-37)12-15-38-26-24(44-29(38)41)27-32-25(22-6-5-16-42-22)34-39(27)28(31)33-26/h5-8,16-17H,3-4,9-15,18H2,1-2H3,(H2,31,33). The fraction of sp³-hybridized carbons (Fsp3) is 0.414. The number of furan rings is 1. The molecule has 2 N–H and O–H groups in total. The number of benzene rings is 1. The molecule has 6 rings (SSSR count). The average Bonchev–Trinajstić information content (AvgIpc) is 3.78. The molecule has 0 saturated carbocycles.